The first kappa shape index (κ1) is 19.0. The maximum atomic E-state index is 12.6. The Balaban J connectivity index is 2.12. The molecule has 0 spiro atoms. The summed E-state index contributed by atoms with van der Waals surface area (Å²) in [6, 6.07) is 8.66. The molecule has 1 heterocycles. The molecule has 5 heteroatoms. The highest BCUT2D eigenvalue weighted by Crippen LogP contribution is 2.25. The third kappa shape index (κ3) is 5.07. The van der Waals surface area contributed by atoms with Crippen LogP contribution in [0.1, 0.15) is 32.8 Å². The number of carbonyl (C=O) groups is 1. The summed E-state index contributed by atoms with van der Waals surface area (Å²) in [6.07, 6.45) is 2.92. The number of thioether (sulfide) groups is 1. The molecule has 1 aliphatic heterocycles. The minimum atomic E-state index is -0.450. The number of rotatable bonds is 4. The quantitative estimate of drug-likeness (QED) is 0.816. The molecule has 4 nitrogen and oxygen atoms in total. The van der Waals surface area contributed by atoms with Gasteiger partial charge in [-0.3, -0.25) is 0 Å². The van der Waals surface area contributed by atoms with E-state index in [-0.39, 0.29) is 12.1 Å². The summed E-state index contributed by atoms with van der Waals surface area (Å²) in [4.78, 5) is 16.9. The van der Waals surface area contributed by atoms with Crippen LogP contribution in [-0.2, 0) is 4.74 Å². The molecule has 24 heavy (non-hydrogen) atoms. The molecule has 1 aromatic rings. The Labute approximate surface area is 150 Å². The normalized spacial score (nSPS) is 18.6. The van der Waals surface area contributed by atoms with Crippen LogP contribution >= 0.6 is 11.8 Å². The van der Waals surface area contributed by atoms with Crippen LogP contribution in [0.25, 0.3) is 0 Å². The number of amides is 1. The van der Waals surface area contributed by atoms with Crippen LogP contribution in [0, 0.1) is 6.92 Å². The molecule has 1 saturated heterocycles. The molecule has 1 amide bonds. The lowest BCUT2D eigenvalue weighted by atomic mass is 10.1. The highest BCUT2D eigenvalue weighted by molar-refractivity contribution is 7.98. The molecule has 1 fully saturated rings. The number of hydrogen-bond acceptors (Lipinski definition) is 4. The predicted octanol–water partition coefficient (Wildman–Crippen LogP) is 4.17. The van der Waals surface area contributed by atoms with E-state index in [0.29, 0.717) is 6.54 Å². The van der Waals surface area contributed by atoms with Gasteiger partial charge in [0.05, 0.1) is 6.04 Å². The largest absolute Gasteiger partial charge is 0.444 e. The van der Waals surface area contributed by atoms with Gasteiger partial charge >= 0.3 is 6.09 Å². The lowest BCUT2D eigenvalue weighted by Gasteiger charge is -2.43. The first-order chi connectivity index (χ1) is 11.3. The van der Waals surface area contributed by atoms with Crippen LogP contribution in [0.5, 0.6) is 0 Å². The van der Waals surface area contributed by atoms with E-state index in [4.69, 9.17) is 4.74 Å². The van der Waals surface area contributed by atoms with Crippen LogP contribution in [0.15, 0.2) is 24.3 Å². The molecule has 0 saturated carbocycles. The van der Waals surface area contributed by atoms with E-state index in [1.54, 1.807) is 0 Å². The second kappa shape index (κ2) is 8.15. The lowest BCUT2D eigenvalue weighted by Crippen LogP contribution is -2.56. The first-order valence-corrected chi connectivity index (χ1v) is 10.0. The Bertz CT molecular complexity index is 557. The number of anilines is 1. The summed E-state index contributed by atoms with van der Waals surface area (Å²) in [7, 11) is 0. The average molecular weight is 351 g/mol. The molecule has 0 bridgehead atoms. The number of hydrogen-bond donors (Lipinski definition) is 0. The van der Waals surface area contributed by atoms with Gasteiger partial charge in [-0.25, -0.2) is 4.79 Å². The van der Waals surface area contributed by atoms with E-state index >= 15 is 0 Å². The highest BCUT2D eigenvalue weighted by atomic mass is 32.2. The van der Waals surface area contributed by atoms with E-state index in [1.165, 1.54) is 11.3 Å². The zero-order valence-electron chi connectivity index (χ0n) is 15.5. The number of benzene rings is 1. The number of nitrogens with zero attached hydrogens (tertiary/aromatic N) is 2. The van der Waals surface area contributed by atoms with Crippen molar-refractivity contribution in [1.82, 2.24) is 4.90 Å². The standard InChI is InChI=1S/C19H30N2O2S/c1-15-8-6-7-9-17(15)20-11-12-21(16(14-20)10-13-24-5)18(22)23-19(2,3)4/h6-9,16H,10-14H2,1-5H3. The van der Waals surface area contributed by atoms with Gasteiger partial charge in [-0.2, -0.15) is 11.8 Å². The van der Waals surface area contributed by atoms with Crippen LogP contribution in [0.2, 0.25) is 0 Å². The Morgan fingerprint density at radius 2 is 2.00 bits per heavy atom. The first-order valence-electron chi connectivity index (χ1n) is 8.61. The van der Waals surface area contributed by atoms with Crippen LogP contribution in [0.3, 0.4) is 0 Å². The number of carbonyl (C=O) groups excluding carboxylic acids is 1. The maximum absolute atomic E-state index is 12.6. The number of para-hydroxylation sites is 1. The van der Waals surface area contributed by atoms with E-state index in [0.717, 1.165) is 25.3 Å². The minimum absolute atomic E-state index is 0.182. The summed E-state index contributed by atoms with van der Waals surface area (Å²) in [5.74, 6) is 1.05. The van der Waals surface area contributed by atoms with Crippen molar-refractivity contribution in [2.75, 3.05) is 36.5 Å². The van der Waals surface area contributed by atoms with Gasteiger partial charge in [-0.05, 0) is 57.8 Å². The second-order valence-corrected chi connectivity index (χ2v) is 8.33. The molecule has 1 aromatic carbocycles. The Morgan fingerprint density at radius 3 is 2.62 bits per heavy atom. The molecule has 0 aromatic heterocycles. The van der Waals surface area contributed by atoms with E-state index < -0.39 is 5.60 Å². The molecular weight excluding hydrogens is 320 g/mol. The summed E-state index contributed by atoms with van der Waals surface area (Å²) < 4.78 is 5.61. The maximum Gasteiger partial charge on any atom is 0.410 e. The Kier molecular flexibility index (Phi) is 6.44. The van der Waals surface area contributed by atoms with Crippen molar-refractivity contribution in [3.05, 3.63) is 29.8 Å². The van der Waals surface area contributed by atoms with Gasteiger partial charge < -0.3 is 14.5 Å². The van der Waals surface area contributed by atoms with Gasteiger partial charge in [-0.15, -0.1) is 0 Å². The van der Waals surface area contributed by atoms with Gasteiger partial charge in [0.25, 0.3) is 0 Å². The Hall–Kier alpha value is -1.36. The fraction of sp³-hybridized carbons (Fsp3) is 0.632. The zero-order valence-corrected chi connectivity index (χ0v) is 16.4. The zero-order chi connectivity index (χ0) is 17.7. The van der Waals surface area contributed by atoms with Crippen molar-refractivity contribution in [3.8, 4) is 0 Å². The van der Waals surface area contributed by atoms with Crippen LogP contribution in [-0.4, -0.2) is 54.3 Å². The van der Waals surface area contributed by atoms with Crippen LogP contribution < -0.4 is 4.90 Å². The van der Waals surface area contributed by atoms with Gasteiger partial charge in [-0.1, -0.05) is 18.2 Å². The summed E-state index contributed by atoms with van der Waals surface area (Å²) >= 11 is 1.83. The molecule has 1 aliphatic rings. The van der Waals surface area contributed by atoms with Gasteiger partial charge in [0.15, 0.2) is 0 Å². The number of piperazine rings is 1. The monoisotopic (exact) mass is 350 g/mol. The topological polar surface area (TPSA) is 32.8 Å². The van der Waals surface area contributed by atoms with Crippen molar-refractivity contribution in [1.29, 1.82) is 0 Å². The fourth-order valence-corrected chi connectivity index (χ4v) is 3.56. The molecule has 1 unspecified atom stereocenters. The number of ether oxygens (including phenoxy) is 1. The summed E-state index contributed by atoms with van der Waals surface area (Å²) in [6.45, 7) is 10.3. The number of aryl methyl sites for hydroxylation is 1. The molecule has 134 valence electrons. The molecule has 0 radical (unpaired) electrons. The van der Waals surface area contributed by atoms with E-state index in [9.17, 15) is 4.79 Å². The molecule has 2 rings (SSSR count). The third-order valence-corrected chi connectivity index (χ3v) is 4.87. The van der Waals surface area contributed by atoms with Gasteiger partial charge in [0, 0.05) is 25.3 Å². The van der Waals surface area contributed by atoms with Crippen molar-refractivity contribution in [3.63, 3.8) is 0 Å². The van der Waals surface area contributed by atoms with Crippen molar-refractivity contribution >= 4 is 23.5 Å². The summed E-state index contributed by atoms with van der Waals surface area (Å²) in [5, 5.41) is 0. The summed E-state index contributed by atoms with van der Waals surface area (Å²) in [5.41, 5.74) is 2.11. The van der Waals surface area contributed by atoms with Gasteiger partial charge in [0.2, 0.25) is 0 Å². The van der Waals surface area contributed by atoms with Gasteiger partial charge in [0.1, 0.15) is 5.60 Å². The fourth-order valence-electron chi connectivity index (χ4n) is 3.05. The van der Waals surface area contributed by atoms with Crippen molar-refractivity contribution in [2.45, 2.75) is 45.8 Å². The minimum Gasteiger partial charge on any atom is -0.444 e. The SMILES string of the molecule is CSCCC1CN(c2ccccc2C)CCN1C(=O)OC(C)(C)C. The lowest BCUT2D eigenvalue weighted by molar-refractivity contribution is 0.0138. The molecule has 1 atom stereocenters. The van der Waals surface area contributed by atoms with E-state index in [1.807, 2.05) is 37.4 Å². The molecule has 0 aliphatic carbocycles. The van der Waals surface area contributed by atoms with Crippen molar-refractivity contribution in [2.24, 2.45) is 0 Å². The third-order valence-electron chi connectivity index (χ3n) is 4.22. The molecule has 0 N–H and O–H groups in total. The molecular formula is C19H30N2O2S. The Morgan fingerprint density at radius 1 is 1.29 bits per heavy atom. The van der Waals surface area contributed by atoms with Crippen molar-refractivity contribution < 1.29 is 9.53 Å². The second-order valence-electron chi connectivity index (χ2n) is 7.34. The average Bonchev–Trinajstić information content (AvgIpc) is 2.51. The highest BCUT2D eigenvalue weighted by Gasteiger charge is 2.33. The predicted molar refractivity (Wildman–Crippen MR) is 103 cm³/mol. The van der Waals surface area contributed by atoms with E-state index in [2.05, 4.69) is 42.3 Å². The van der Waals surface area contributed by atoms with Crippen LogP contribution in [0.4, 0.5) is 10.5 Å². The smallest absolute Gasteiger partial charge is 0.410 e.